The monoisotopic (exact) mass is 395 g/mol. The molecule has 0 spiro atoms. The Labute approximate surface area is 165 Å². The average Bonchev–Trinajstić information content (AvgIpc) is 3.39. The number of hydrogen-bond acceptors (Lipinski definition) is 7. The lowest BCUT2D eigenvalue weighted by molar-refractivity contribution is 0.205. The maximum absolute atomic E-state index is 8.78. The molecule has 3 aromatic heterocycles. The number of rotatable bonds is 3. The molecule has 0 radical (unpaired) electrons. The summed E-state index contributed by atoms with van der Waals surface area (Å²) in [5.74, 6) is 0.644. The largest absolute Gasteiger partial charge is 0.465 e. The lowest BCUT2D eigenvalue weighted by Gasteiger charge is -2.11. The highest BCUT2D eigenvalue weighted by Crippen LogP contribution is 2.23. The van der Waals surface area contributed by atoms with Crippen LogP contribution in [0.5, 0.6) is 0 Å². The molecule has 0 bridgehead atoms. The fourth-order valence-corrected chi connectivity index (χ4v) is 3.49. The van der Waals surface area contributed by atoms with Gasteiger partial charge in [-0.25, -0.2) is 9.78 Å². The van der Waals surface area contributed by atoms with E-state index in [-0.39, 0.29) is 0 Å². The Bertz CT molecular complexity index is 1160. The molecule has 29 heavy (non-hydrogen) atoms. The maximum atomic E-state index is 8.78. The number of anilines is 1. The zero-order chi connectivity index (χ0) is 20.4. The Morgan fingerprint density at radius 3 is 2.79 bits per heavy atom. The van der Waals surface area contributed by atoms with E-state index in [1.165, 1.54) is 25.7 Å². The van der Waals surface area contributed by atoms with E-state index in [0.29, 0.717) is 23.2 Å². The zero-order valence-corrected chi connectivity index (χ0v) is 15.9. The third-order valence-electron chi connectivity index (χ3n) is 4.73. The number of aryl methyl sites for hydroxylation is 1. The summed E-state index contributed by atoms with van der Waals surface area (Å²) in [4.78, 5) is 17.8. The predicted molar refractivity (Wildman–Crippen MR) is 107 cm³/mol. The van der Waals surface area contributed by atoms with Gasteiger partial charge in [0.15, 0.2) is 11.2 Å². The molecule has 1 fully saturated rings. The highest BCUT2D eigenvalue weighted by molar-refractivity contribution is 5.81. The first kappa shape index (κ1) is 18.6. The smallest absolute Gasteiger partial charge is 0.402 e. The zero-order valence-electron chi connectivity index (χ0n) is 15.9. The van der Waals surface area contributed by atoms with E-state index in [4.69, 9.17) is 9.90 Å². The molecule has 0 atom stereocenters. The van der Waals surface area contributed by atoms with Crippen molar-refractivity contribution in [3.05, 3.63) is 30.6 Å². The predicted octanol–water partition coefficient (Wildman–Crippen LogP) is 2.07. The van der Waals surface area contributed by atoms with Crippen molar-refractivity contribution in [3.63, 3.8) is 0 Å². The summed E-state index contributed by atoms with van der Waals surface area (Å²) in [6.07, 6.45) is 7.27. The first-order chi connectivity index (χ1) is 14.0. The first-order valence-corrected chi connectivity index (χ1v) is 9.27. The van der Waals surface area contributed by atoms with E-state index in [1.54, 1.807) is 15.6 Å². The molecular weight excluding hydrogens is 374 g/mol. The topological polar surface area (TPSA) is 150 Å². The fraction of sp³-hybridized carbons (Fsp3) is 0.333. The molecule has 0 aliphatic heterocycles. The Morgan fingerprint density at radius 1 is 1.28 bits per heavy atom. The average molecular weight is 395 g/mol. The van der Waals surface area contributed by atoms with Crippen molar-refractivity contribution in [1.82, 2.24) is 34.7 Å². The van der Waals surface area contributed by atoms with Gasteiger partial charge in [-0.3, -0.25) is 4.68 Å². The number of fused-ring (bicyclic) bond motifs is 2. The van der Waals surface area contributed by atoms with Crippen LogP contribution in [0.1, 0.15) is 25.7 Å². The van der Waals surface area contributed by atoms with Gasteiger partial charge in [-0.05, 0) is 31.0 Å². The van der Waals surface area contributed by atoms with Crippen LogP contribution in [-0.4, -0.2) is 52.0 Å². The minimum atomic E-state index is -1.33. The van der Waals surface area contributed by atoms with Crippen LogP contribution >= 0.6 is 0 Å². The van der Waals surface area contributed by atoms with E-state index in [1.807, 2.05) is 31.4 Å². The highest BCUT2D eigenvalue weighted by atomic mass is 16.4. The molecule has 1 aromatic carbocycles. The number of hydrogen-bond donors (Lipinski definition) is 3. The SMILES string of the molecule is Cn1cc2cc(-n3nnc4cnc(NC5CCCC5)nc43)ccc2n1.NC(=O)O. The van der Waals surface area contributed by atoms with Gasteiger partial charge in [0.1, 0.15) is 0 Å². The molecule has 1 saturated carbocycles. The van der Waals surface area contributed by atoms with Gasteiger partial charge in [0.2, 0.25) is 5.95 Å². The van der Waals surface area contributed by atoms with Crippen LogP contribution in [-0.2, 0) is 7.05 Å². The van der Waals surface area contributed by atoms with E-state index in [0.717, 1.165) is 16.6 Å². The van der Waals surface area contributed by atoms with Gasteiger partial charge in [-0.15, -0.1) is 5.10 Å². The molecule has 4 N–H and O–H groups in total. The van der Waals surface area contributed by atoms with Crippen molar-refractivity contribution in [1.29, 1.82) is 0 Å². The minimum absolute atomic E-state index is 0.466. The lowest BCUT2D eigenvalue weighted by Crippen LogP contribution is -2.16. The van der Waals surface area contributed by atoms with Gasteiger partial charge in [0, 0.05) is 24.7 Å². The number of aromatic nitrogens is 7. The van der Waals surface area contributed by atoms with Gasteiger partial charge in [0.25, 0.3) is 0 Å². The Balaban J connectivity index is 0.000000472. The Kier molecular flexibility index (Phi) is 4.94. The summed E-state index contributed by atoms with van der Waals surface area (Å²) in [6, 6.07) is 6.48. The second-order valence-electron chi connectivity index (χ2n) is 6.91. The quantitative estimate of drug-likeness (QED) is 0.477. The number of carboxylic acid groups (broad SMARTS) is 1. The second kappa shape index (κ2) is 7.70. The summed E-state index contributed by atoms with van der Waals surface area (Å²) >= 11 is 0. The van der Waals surface area contributed by atoms with Gasteiger partial charge < -0.3 is 16.2 Å². The molecule has 11 nitrogen and oxygen atoms in total. The molecule has 3 heterocycles. The van der Waals surface area contributed by atoms with Crippen molar-refractivity contribution >= 4 is 34.1 Å². The maximum Gasteiger partial charge on any atom is 0.402 e. The number of nitrogens with one attached hydrogen (secondary N) is 1. The van der Waals surface area contributed by atoms with Crippen molar-refractivity contribution in [2.75, 3.05) is 5.32 Å². The summed E-state index contributed by atoms with van der Waals surface area (Å²) in [5, 5.41) is 24.5. The molecule has 0 saturated heterocycles. The van der Waals surface area contributed by atoms with Crippen LogP contribution in [0.15, 0.2) is 30.6 Å². The Hall–Kier alpha value is -3.76. The summed E-state index contributed by atoms with van der Waals surface area (Å²) in [6.45, 7) is 0. The fourth-order valence-electron chi connectivity index (χ4n) is 3.49. The van der Waals surface area contributed by atoms with Crippen LogP contribution in [0, 0.1) is 0 Å². The van der Waals surface area contributed by atoms with Crippen molar-refractivity contribution in [3.8, 4) is 5.69 Å². The molecule has 1 aliphatic rings. The first-order valence-electron chi connectivity index (χ1n) is 9.27. The molecule has 0 unspecified atom stereocenters. The molecular formula is C18H21N9O2. The van der Waals surface area contributed by atoms with Crippen LogP contribution in [0.4, 0.5) is 10.7 Å². The lowest BCUT2D eigenvalue weighted by atomic mass is 10.2. The summed E-state index contributed by atoms with van der Waals surface area (Å²) in [7, 11) is 1.92. The van der Waals surface area contributed by atoms with Gasteiger partial charge in [-0.1, -0.05) is 18.1 Å². The number of primary amides is 1. The van der Waals surface area contributed by atoms with E-state index >= 15 is 0 Å². The normalized spacial score (nSPS) is 14.1. The summed E-state index contributed by atoms with van der Waals surface area (Å²) < 4.78 is 3.56. The van der Waals surface area contributed by atoms with Crippen molar-refractivity contribution in [2.45, 2.75) is 31.7 Å². The van der Waals surface area contributed by atoms with Crippen LogP contribution in [0.3, 0.4) is 0 Å². The van der Waals surface area contributed by atoms with E-state index in [9.17, 15) is 0 Å². The summed E-state index contributed by atoms with van der Waals surface area (Å²) in [5.41, 5.74) is 7.28. The van der Waals surface area contributed by atoms with Crippen molar-refractivity contribution in [2.24, 2.45) is 12.8 Å². The number of amides is 1. The van der Waals surface area contributed by atoms with E-state index in [2.05, 4.69) is 36.4 Å². The standard InChI is InChI=1S/C17H18N8.CH3NO2/c1-24-10-11-8-13(6-7-14(11)22-24)25-16-15(21-23-25)9-18-17(20-16)19-12-4-2-3-5-12;2-1(3)4/h6-10,12H,2-5H2,1H3,(H,18,19,20);2H2,(H,3,4). The Morgan fingerprint density at radius 2 is 2.03 bits per heavy atom. The molecule has 1 aliphatic carbocycles. The van der Waals surface area contributed by atoms with Gasteiger partial charge in [-0.2, -0.15) is 14.8 Å². The van der Waals surface area contributed by atoms with Gasteiger partial charge >= 0.3 is 6.09 Å². The third-order valence-corrected chi connectivity index (χ3v) is 4.73. The highest BCUT2D eigenvalue weighted by Gasteiger charge is 2.17. The molecule has 4 aromatic rings. The van der Waals surface area contributed by atoms with E-state index < -0.39 is 6.09 Å². The van der Waals surface area contributed by atoms with Gasteiger partial charge in [0.05, 0.1) is 17.4 Å². The molecule has 1 amide bonds. The number of nitrogens with two attached hydrogens (primary N) is 1. The number of carbonyl (C=O) groups is 1. The third kappa shape index (κ3) is 4.08. The minimum Gasteiger partial charge on any atom is -0.465 e. The van der Waals surface area contributed by atoms with Crippen LogP contribution in [0.25, 0.3) is 27.8 Å². The second-order valence-corrected chi connectivity index (χ2v) is 6.91. The number of benzene rings is 1. The molecule has 5 rings (SSSR count). The van der Waals surface area contributed by atoms with Crippen LogP contribution in [0.2, 0.25) is 0 Å². The molecule has 150 valence electrons. The number of nitrogens with zero attached hydrogens (tertiary/aromatic N) is 7. The van der Waals surface area contributed by atoms with Crippen molar-refractivity contribution < 1.29 is 9.90 Å². The van der Waals surface area contributed by atoms with Crippen LogP contribution < -0.4 is 11.1 Å². The molecule has 11 heteroatoms.